The van der Waals surface area contributed by atoms with E-state index in [9.17, 15) is 26.1 Å². The molecule has 1 aliphatic heterocycles. The van der Waals surface area contributed by atoms with Gasteiger partial charge in [-0.15, -0.1) is 0 Å². The van der Waals surface area contributed by atoms with Gasteiger partial charge in [-0.3, -0.25) is 0 Å². The molecule has 0 spiro atoms. The van der Waals surface area contributed by atoms with Crippen LogP contribution >= 0.6 is 0 Å². The Morgan fingerprint density at radius 2 is 1.83 bits per heavy atom. The van der Waals surface area contributed by atoms with E-state index in [-0.39, 0.29) is 13.1 Å². The average molecular weight is 308 g/mol. The van der Waals surface area contributed by atoms with Crippen molar-refractivity contribution < 1.29 is 26.1 Å². The lowest BCUT2D eigenvalue weighted by molar-refractivity contribution is -0.0450. The molecule has 0 unspecified atom stereocenters. The Morgan fingerprint density at radius 1 is 1.33 bits per heavy atom. The van der Waals surface area contributed by atoms with Gasteiger partial charge in [0.2, 0.25) is 0 Å². The first-order valence-corrected chi connectivity index (χ1v) is 8.20. The molecule has 5 nitrogen and oxygen atoms in total. The molecule has 3 N–H and O–H groups in total. The van der Waals surface area contributed by atoms with Crippen LogP contribution in [0.5, 0.6) is 0 Å². The summed E-state index contributed by atoms with van der Waals surface area (Å²) >= 11 is -0.985. The molecule has 1 saturated heterocycles. The van der Waals surface area contributed by atoms with Gasteiger partial charge >= 0.3 is 15.5 Å². The monoisotopic (exact) mass is 308 g/mol. The molecule has 10 heteroatoms. The number of alkyl halides is 3. The number of nitrogens with one attached hydrogen (secondary N) is 1. The molecule has 0 radical (unpaired) electrons. The van der Waals surface area contributed by atoms with Crippen LogP contribution < -0.4 is 10.5 Å². The fourth-order valence-corrected chi connectivity index (χ4v) is 3.86. The largest absolute Gasteiger partial charge is 0.616 e. The molecule has 0 aromatic rings. The molecular weight excluding hydrogens is 293 g/mol. The Hall–Kier alpha value is -0.0300. The summed E-state index contributed by atoms with van der Waals surface area (Å²) < 4.78 is 70.9. The Balaban J connectivity index is 2.66. The van der Waals surface area contributed by atoms with Crippen molar-refractivity contribution in [3.8, 4) is 0 Å². The van der Waals surface area contributed by atoms with Crippen LogP contribution in [0.15, 0.2) is 0 Å². The third-order valence-electron chi connectivity index (χ3n) is 3.10. The highest BCUT2D eigenvalue weighted by Crippen LogP contribution is 2.32. The van der Waals surface area contributed by atoms with Crippen LogP contribution in [0.25, 0.3) is 0 Å². The predicted octanol–water partition coefficient (Wildman–Crippen LogP) is -0.0868. The van der Waals surface area contributed by atoms with Gasteiger partial charge in [0.1, 0.15) is 11.5 Å². The molecule has 0 amide bonds. The van der Waals surface area contributed by atoms with Crippen molar-refractivity contribution in [1.82, 2.24) is 4.72 Å². The van der Waals surface area contributed by atoms with Crippen molar-refractivity contribution in [3.05, 3.63) is 0 Å². The molecule has 0 atom stereocenters. The number of sulfonamides is 1. The molecule has 0 aliphatic carbocycles. The normalized spacial score (nSPS) is 30.4. The first kappa shape index (κ1) is 16.0. The maximum Gasteiger partial charge on any atom is 0.511 e. The van der Waals surface area contributed by atoms with E-state index in [0.29, 0.717) is 24.3 Å². The summed E-state index contributed by atoms with van der Waals surface area (Å²) in [7, 11) is -5.34. The standard InChI is InChI=1S/C8H15F3N2O3S2/c9-8(10,11)18(15,16)13-6-7(5-12)1-3-17(14)4-2-7/h13H,1-6,12H2. The van der Waals surface area contributed by atoms with Crippen molar-refractivity contribution in [3.63, 3.8) is 0 Å². The molecule has 0 aromatic heterocycles. The predicted molar refractivity (Wildman–Crippen MR) is 61.6 cm³/mol. The van der Waals surface area contributed by atoms with Gasteiger partial charge in [-0.05, 0) is 6.54 Å². The quantitative estimate of drug-likeness (QED) is 0.710. The SMILES string of the molecule is NCC1(CNS(=O)(=O)C(F)(F)F)CC[S+]([O-])CC1. The zero-order valence-corrected chi connectivity index (χ0v) is 11.1. The van der Waals surface area contributed by atoms with Crippen molar-refractivity contribution in [2.45, 2.75) is 18.3 Å². The van der Waals surface area contributed by atoms with Gasteiger partial charge in [-0.25, -0.2) is 13.1 Å². The highest BCUT2D eigenvalue weighted by atomic mass is 32.2. The van der Waals surface area contributed by atoms with Crippen LogP contribution in [0.1, 0.15) is 12.8 Å². The Labute approximate surface area is 107 Å². The highest BCUT2D eigenvalue weighted by molar-refractivity contribution is 7.91. The van der Waals surface area contributed by atoms with E-state index < -0.39 is 32.1 Å². The van der Waals surface area contributed by atoms with Crippen LogP contribution in [0.2, 0.25) is 0 Å². The van der Waals surface area contributed by atoms with Gasteiger partial charge in [0.15, 0.2) is 0 Å². The van der Waals surface area contributed by atoms with Crippen LogP contribution in [-0.2, 0) is 21.2 Å². The third kappa shape index (κ3) is 3.73. The van der Waals surface area contributed by atoms with E-state index in [0.717, 1.165) is 0 Å². The van der Waals surface area contributed by atoms with Crippen LogP contribution in [0.4, 0.5) is 13.2 Å². The Kier molecular flexibility index (Phi) is 4.93. The van der Waals surface area contributed by atoms with E-state index in [2.05, 4.69) is 0 Å². The van der Waals surface area contributed by atoms with Crippen molar-refractivity contribution in [2.75, 3.05) is 24.6 Å². The highest BCUT2D eigenvalue weighted by Gasteiger charge is 2.47. The van der Waals surface area contributed by atoms with Crippen molar-refractivity contribution >= 4 is 21.2 Å². The number of rotatable bonds is 4. The minimum Gasteiger partial charge on any atom is -0.616 e. The van der Waals surface area contributed by atoms with E-state index in [1.165, 1.54) is 0 Å². The van der Waals surface area contributed by atoms with Gasteiger partial charge in [0.05, 0.1) is 0 Å². The number of hydrogen-bond acceptors (Lipinski definition) is 4. The number of halogens is 3. The maximum absolute atomic E-state index is 12.1. The van der Waals surface area contributed by atoms with E-state index in [4.69, 9.17) is 5.73 Å². The molecule has 1 fully saturated rings. The Bertz CT molecular complexity index is 378. The zero-order chi connectivity index (χ0) is 14.0. The van der Waals surface area contributed by atoms with Crippen LogP contribution in [0, 0.1) is 5.41 Å². The summed E-state index contributed by atoms with van der Waals surface area (Å²) in [6.07, 6.45) is 0.715. The first-order chi connectivity index (χ1) is 8.12. The van der Waals surface area contributed by atoms with Gasteiger partial charge in [0, 0.05) is 24.8 Å². The van der Waals surface area contributed by atoms with Crippen molar-refractivity contribution in [2.24, 2.45) is 11.1 Å². The second-order valence-corrected chi connectivity index (χ2v) is 7.78. The van der Waals surface area contributed by atoms with Crippen LogP contribution in [0.3, 0.4) is 0 Å². The lowest BCUT2D eigenvalue weighted by Gasteiger charge is -2.36. The molecule has 0 aromatic carbocycles. The minimum absolute atomic E-state index is 0.0601. The molecule has 108 valence electrons. The summed E-state index contributed by atoms with van der Waals surface area (Å²) in [6.45, 7) is -0.312. The topological polar surface area (TPSA) is 95.2 Å². The summed E-state index contributed by atoms with van der Waals surface area (Å²) in [5.74, 6) is 0.676. The smallest absolute Gasteiger partial charge is 0.511 e. The summed E-state index contributed by atoms with van der Waals surface area (Å²) in [4.78, 5) is 0. The van der Waals surface area contributed by atoms with E-state index >= 15 is 0 Å². The molecule has 18 heavy (non-hydrogen) atoms. The zero-order valence-electron chi connectivity index (χ0n) is 9.50. The minimum atomic E-state index is -5.34. The summed E-state index contributed by atoms with van der Waals surface area (Å²) in [6, 6.07) is 0. The van der Waals surface area contributed by atoms with E-state index in [1.807, 2.05) is 0 Å². The average Bonchev–Trinajstić information content (AvgIpc) is 2.28. The fraction of sp³-hybridized carbons (Fsp3) is 1.00. The molecule has 1 aliphatic rings. The maximum atomic E-state index is 12.1. The molecular formula is C8H15F3N2O3S2. The number of nitrogens with two attached hydrogens (primary N) is 1. The van der Waals surface area contributed by atoms with Gasteiger partial charge in [-0.2, -0.15) is 13.2 Å². The third-order valence-corrected chi connectivity index (χ3v) is 5.55. The Morgan fingerprint density at radius 3 is 2.22 bits per heavy atom. The summed E-state index contributed by atoms with van der Waals surface area (Å²) in [5.41, 5.74) is -0.542. The lowest BCUT2D eigenvalue weighted by Crippen LogP contribution is -2.49. The molecule has 1 rings (SSSR count). The van der Waals surface area contributed by atoms with Crippen molar-refractivity contribution in [1.29, 1.82) is 0 Å². The summed E-state index contributed by atoms with van der Waals surface area (Å²) in [5, 5.41) is 0. The molecule has 0 saturated carbocycles. The van der Waals surface area contributed by atoms with E-state index in [1.54, 1.807) is 4.72 Å². The molecule has 0 bridgehead atoms. The van der Waals surface area contributed by atoms with Gasteiger partial charge < -0.3 is 10.3 Å². The number of hydrogen-bond donors (Lipinski definition) is 2. The van der Waals surface area contributed by atoms with Gasteiger partial charge in [0.25, 0.3) is 0 Å². The second kappa shape index (κ2) is 5.53. The second-order valence-electron chi connectivity index (χ2n) is 4.32. The van der Waals surface area contributed by atoms with Gasteiger partial charge in [-0.1, -0.05) is 11.2 Å². The first-order valence-electron chi connectivity index (χ1n) is 5.23. The lowest BCUT2D eigenvalue weighted by atomic mass is 9.82. The van der Waals surface area contributed by atoms with Crippen LogP contribution in [-0.4, -0.2) is 43.1 Å². The molecule has 1 heterocycles. The fourth-order valence-electron chi connectivity index (χ4n) is 1.67.